The van der Waals surface area contributed by atoms with Crippen molar-refractivity contribution in [3.05, 3.63) is 0 Å². The fourth-order valence-electron chi connectivity index (χ4n) is 1.57. The van der Waals surface area contributed by atoms with Gasteiger partial charge < -0.3 is 9.47 Å². The monoisotopic (exact) mass is 230 g/mol. The van der Waals surface area contributed by atoms with Crippen molar-refractivity contribution in [2.45, 2.75) is 65.4 Å². The number of ether oxygens (including phenoxy) is 2. The van der Waals surface area contributed by atoms with E-state index in [0.29, 0.717) is 13.2 Å². The van der Waals surface area contributed by atoms with Crippen LogP contribution in [0.5, 0.6) is 0 Å². The maximum atomic E-state index is 10.6. The van der Waals surface area contributed by atoms with Gasteiger partial charge >= 0.3 is 5.97 Å². The zero-order valence-electron chi connectivity index (χ0n) is 11.2. The van der Waals surface area contributed by atoms with Crippen molar-refractivity contribution in [3.8, 4) is 0 Å². The fraction of sp³-hybridized carbons (Fsp3) is 0.923. The van der Waals surface area contributed by atoms with Gasteiger partial charge in [-0.25, -0.2) is 0 Å². The molecular weight excluding hydrogens is 204 g/mol. The Hall–Kier alpha value is -0.570. The molecule has 1 unspecified atom stereocenters. The molecule has 96 valence electrons. The third kappa shape index (κ3) is 7.69. The minimum absolute atomic E-state index is 0.0602. The summed E-state index contributed by atoms with van der Waals surface area (Å²) in [7, 11) is 0. The SMILES string of the molecule is CCCCCC(C)(CC)OCCOC(C)=O. The Morgan fingerprint density at radius 3 is 2.38 bits per heavy atom. The molecule has 0 aromatic heterocycles. The van der Waals surface area contributed by atoms with Gasteiger partial charge in [-0.1, -0.05) is 33.1 Å². The zero-order chi connectivity index (χ0) is 12.4. The van der Waals surface area contributed by atoms with E-state index < -0.39 is 0 Å². The van der Waals surface area contributed by atoms with Crippen molar-refractivity contribution in [3.63, 3.8) is 0 Å². The standard InChI is InChI=1S/C13H26O3/c1-5-7-8-9-13(4,6-2)16-11-10-15-12(3)14/h5-11H2,1-4H3. The van der Waals surface area contributed by atoms with Crippen LogP contribution in [0.25, 0.3) is 0 Å². The largest absolute Gasteiger partial charge is 0.463 e. The quantitative estimate of drug-likeness (QED) is 0.450. The number of rotatable bonds is 9. The van der Waals surface area contributed by atoms with Gasteiger partial charge in [0.25, 0.3) is 0 Å². The Morgan fingerprint density at radius 2 is 1.88 bits per heavy atom. The maximum Gasteiger partial charge on any atom is 0.302 e. The smallest absolute Gasteiger partial charge is 0.302 e. The average Bonchev–Trinajstić information content (AvgIpc) is 2.25. The molecule has 0 aliphatic rings. The second-order valence-corrected chi connectivity index (χ2v) is 4.45. The molecule has 0 radical (unpaired) electrons. The van der Waals surface area contributed by atoms with E-state index in [1.54, 1.807) is 0 Å². The van der Waals surface area contributed by atoms with Gasteiger partial charge in [-0.2, -0.15) is 0 Å². The Kier molecular flexibility index (Phi) is 8.26. The average molecular weight is 230 g/mol. The topological polar surface area (TPSA) is 35.5 Å². The highest BCUT2D eigenvalue weighted by Crippen LogP contribution is 2.22. The summed E-state index contributed by atoms with van der Waals surface area (Å²) in [5, 5.41) is 0. The van der Waals surface area contributed by atoms with Gasteiger partial charge in [-0.05, 0) is 19.8 Å². The molecule has 0 aromatic carbocycles. The predicted molar refractivity (Wildman–Crippen MR) is 65.4 cm³/mol. The van der Waals surface area contributed by atoms with Crippen molar-refractivity contribution >= 4 is 5.97 Å². The lowest BCUT2D eigenvalue weighted by Gasteiger charge is -2.28. The van der Waals surface area contributed by atoms with Crippen molar-refractivity contribution in [1.82, 2.24) is 0 Å². The van der Waals surface area contributed by atoms with Crippen LogP contribution >= 0.6 is 0 Å². The third-order valence-corrected chi connectivity index (χ3v) is 2.90. The molecule has 0 aliphatic carbocycles. The molecule has 0 fully saturated rings. The van der Waals surface area contributed by atoms with E-state index in [4.69, 9.17) is 9.47 Å². The van der Waals surface area contributed by atoms with Crippen LogP contribution in [0.2, 0.25) is 0 Å². The van der Waals surface area contributed by atoms with Gasteiger partial charge in [0.15, 0.2) is 0 Å². The highest BCUT2D eigenvalue weighted by Gasteiger charge is 2.21. The highest BCUT2D eigenvalue weighted by atomic mass is 16.6. The molecular formula is C13H26O3. The van der Waals surface area contributed by atoms with Gasteiger partial charge in [-0.15, -0.1) is 0 Å². The lowest BCUT2D eigenvalue weighted by atomic mass is 9.95. The predicted octanol–water partition coefficient (Wildman–Crippen LogP) is 3.32. The van der Waals surface area contributed by atoms with Crippen molar-refractivity contribution in [2.24, 2.45) is 0 Å². The summed E-state index contributed by atoms with van der Waals surface area (Å²) in [6.45, 7) is 8.74. The number of hydrogen-bond acceptors (Lipinski definition) is 3. The molecule has 3 heteroatoms. The molecule has 3 nitrogen and oxygen atoms in total. The van der Waals surface area contributed by atoms with E-state index in [9.17, 15) is 4.79 Å². The number of carbonyl (C=O) groups is 1. The molecule has 0 heterocycles. The van der Waals surface area contributed by atoms with Crippen molar-refractivity contribution in [2.75, 3.05) is 13.2 Å². The molecule has 0 spiro atoms. The first-order valence-corrected chi connectivity index (χ1v) is 6.31. The second-order valence-electron chi connectivity index (χ2n) is 4.45. The van der Waals surface area contributed by atoms with Crippen LogP contribution in [0.15, 0.2) is 0 Å². The van der Waals surface area contributed by atoms with E-state index in [0.717, 1.165) is 12.8 Å². The molecule has 0 N–H and O–H groups in total. The number of carbonyl (C=O) groups excluding carboxylic acids is 1. The van der Waals surface area contributed by atoms with Crippen LogP contribution < -0.4 is 0 Å². The molecule has 0 saturated carbocycles. The van der Waals surface area contributed by atoms with Gasteiger partial charge in [0.05, 0.1) is 12.2 Å². The third-order valence-electron chi connectivity index (χ3n) is 2.90. The van der Waals surface area contributed by atoms with Gasteiger partial charge in [-0.3, -0.25) is 4.79 Å². The van der Waals surface area contributed by atoms with Crippen LogP contribution in [0, 0.1) is 0 Å². The van der Waals surface area contributed by atoms with Gasteiger partial charge in [0, 0.05) is 6.92 Å². The van der Waals surface area contributed by atoms with Crippen molar-refractivity contribution in [1.29, 1.82) is 0 Å². The first kappa shape index (κ1) is 15.4. The zero-order valence-corrected chi connectivity index (χ0v) is 11.2. The van der Waals surface area contributed by atoms with E-state index in [2.05, 4.69) is 20.8 Å². The summed E-state index contributed by atoms with van der Waals surface area (Å²) in [6, 6.07) is 0. The summed E-state index contributed by atoms with van der Waals surface area (Å²) in [6.07, 6.45) is 5.76. The Bertz CT molecular complexity index is 192. The Morgan fingerprint density at radius 1 is 1.19 bits per heavy atom. The van der Waals surface area contributed by atoms with Crippen LogP contribution in [-0.2, 0) is 14.3 Å². The summed E-state index contributed by atoms with van der Waals surface area (Å²) >= 11 is 0. The first-order chi connectivity index (χ1) is 7.54. The first-order valence-electron chi connectivity index (χ1n) is 6.31. The van der Waals surface area contributed by atoms with Crippen LogP contribution in [0.4, 0.5) is 0 Å². The summed E-state index contributed by atoms with van der Waals surface area (Å²) in [5.74, 6) is -0.243. The van der Waals surface area contributed by atoms with Crippen molar-refractivity contribution < 1.29 is 14.3 Å². The maximum absolute atomic E-state index is 10.6. The normalized spacial score (nSPS) is 14.5. The van der Waals surface area contributed by atoms with Gasteiger partial charge in [0.2, 0.25) is 0 Å². The van der Waals surface area contributed by atoms with E-state index in [1.165, 1.54) is 26.2 Å². The molecule has 16 heavy (non-hydrogen) atoms. The number of unbranched alkanes of at least 4 members (excludes halogenated alkanes) is 2. The van der Waals surface area contributed by atoms with E-state index in [1.807, 2.05) is 0 Å². The second kappa shape index (κ2) is 8.57. The number of hydrogen-bond donors (Lipinski definition) is 0. The van der Waals surface area contributed by atoms with Crippen LogP contribution in [0.1, 0.15) is 59.8 Å². The minimum Gasteiger partial charge on any atom is -0.463 e. The fourth-order valence-corrected chi connectivity index (χ4v) is 1.57. The molecule has 1 atom stereocenters. The Balaban J connectivity index is 3.73. The summed E-state index contributed by atoms with van der Waals surface area (Å²) in [4.78, 5) is 10.6. The van der Waals surface area contributed by atoms with Gasteiger partial charge in [0.1, 0.15) is 6.61 Å². The van der Waals surface area contributed by atoms with Crippen LogP contribution in [-0.4, -0.2) is 24.8 Å². The summed E-state index contributed by atoms with van der Waals surface area (Å²) in [5.41, 5.74) is -0.0602. The number of esters is 1. The molecule has 0 aliphatic heterocycles. The van der Waals surface area contributed by atoms with Crippen LogP contribution in [0.3, 0.4) is 0 Å². The molecule has 0 amide bonds. The minimum atomic E-state index is -0.243. The highest BCUT2D eigenvalue weighted by molar-refractivity contribution is 5.65. The van der Waals surface area contributed by atoms with E-state index in [-0.39, 0.29) is 11.6 Å². The lowest BCUT2D eigenvalue weighted by molar-refractivity contribution is -0.145. The summed E-state index contributed by atoms with van der Waals surface area (Å²) < 4.78 is 10.6. The molecule has 0 aromatic rings. The molecule has 0 saturated heterocycles. The lowest BCUT2D eigenvalue weighted by Crippen LogP contribution is -2.29. The molecule has 0 rings (SSSR count). The van der Waals surface area contributed by atoms with E-state index >= 15 is 0 Å². The Labute approximate surface area is 99.5 Å². The molecule has 0 bridgehead atoms.